The van der Waals surface area contributed by atoms with Gasteiger partial charge in [0.2, 0.25) is 0 Å². The first kappa shape index (κ1) is 15.8. The third-order valence-corrected chi connectivity index (χ3v) is 4.71. The Labute approximate surface area is 133 Å². The Morgan fingerprint density at radius 3 is 2.71 bits per heavy atom. The van der Waals surface area contributed by atoms with Gasteiger partial charge in [-0.1, -0.05) is 17.7 Å². The minimum Gasteiger partial charge on any atom is -0.480 e. The number of carboxylic acid groups (broad SMARTS) is 1. The number of hydrogen-bond donors (Lipinski definition) is 1. The third kappa shape index (κ3) is 3.74. The van der Waals surface area contributed by atoms with Gasteiger partial charge in [0.1, 0.15) is 6.54 Å². The largest absolute Gasteiger partial charge is 0.480 e. The summed E-state index contributed by atoms with van der Waals surface area (Å²) in [6.45, 7) is 5.81. The van der Waals surface area contributed by atoms with Crippen LogP contribution in [0, 0.1) is 13.8 Å². The van der Waals surface area contributed by atoms with Crippen LogP contribution < -0.4 is 4.90 Å². The zero-order valence-electron chi connectivity index (χ0n) is 12.1. The van der Waals surface area contributed by atoms with E-state index in [0.717, 1.165) is 21.3 Å². The van der Waals surface area contributed by atoms with Gasteiger partial charge in [-0.2, -0.15) is 0 Å². The SMILES string of the molecule is Cc1nc(C)c(C(C)N(CC(=O)O)c2cccc(Cl)c2)s1. The van der Waals surface area contributed by atoms with Crippen molar-refractivity contribution < 1.29 is 9.90 Å². The fourth-order valence-electron chi connectivity index (χ4n) is 2.33. The average molecular weight is 325 g/mol. The van der Waals surface area contributed by atoms with Crippen LogP contribution in [0.4, 0.5) is 5.69 Å². The van der Waals surface area contributed by atoms with E-state index in [1.54, 1.807) is 23.5 Å². The van der Waals surface area contributed by atoms with E-state index in [1.807, 2.05) is 37.8 Å². The maximum absolute atomic E-state index is 11.2. The third-order valence-electron chi connectivity index (χ3n) is 3.23. The fraction of sp³-hybridized carbons (Fsp3) is 0.333. The molecule has 1 unspecified atom stereocenters. The number of carboxylic acids is 1. The Bertz CT molecular complexity index is 657. The van der Waals surface area contributed by atoms with Crippen LogP contribution in [0.3, 0.4) is 0 Å². The lowest BCUT2D eigenvalue weighted by atomic mass is 10.1. The van der Waals surface area contributed by atoms with Crippen LogP contribution in [0.25, 0.3) is 0 Å². The summed E-state index contributed by atoms with van der Waals surface area (Å²) >= 11 is 7.63. The van der Waals surface area contributed by atoms with Gasteiger partial charge in [0.15, 0.2) is 0 Å². The first-order chi connectivity index (χ1) is 9.88. The van der Waals surface area contributed by atoms with E-state index < -0.39 is 5.97 Å². The van der Waals surface area contributed by atoms with Gasteiger partial charge in [-0.25, -0.2) is 4.98 Å². The zero-order valence-corrected chi connectivity index (χ0v) is 13.7. The van der Waals surface area contributed by atoms with Crippen molar-refractivity contribution in [3.63, 3.8) is 0 Å². The highest BCUT2D eigenvalue weighted by molar-refractivity contribution is 7.11. The van der Waals surface area contributed by atoms with E-state index in [1.165, 1.54) is 0 Å². The van der Waals surface area contributed by atoms with Gasteiger partial charge in [0, 0.05) is 15.6 Å². The summed E-state index contributed by atoms with van der Waals surface area (Å²) in [5.74, 6) is -0.874. The second-order valence-electron chi connectivity index (χ2n) is 4.86. The molecule has 0 aliphatic rings. The van der Waals surface area contributed by atoms with Gasteiger partial charge in [0.05, 0.1) is 16.7 Å². The number of halogens is 1. The molecule has 0 amide bonds. The first-order valence-corrected chi connectivity index (χ1v) is 7.76. The lowest BCUT2D eigenvalue weighted by Crippen LogP contribution is -2.32. The predicted octanol–water partition coefficient (Wildman–Crippen LogP) is 4.07. The van der Waals surface area contributed by atoms with Gasteiger partial charge in [-0.15, -0.1) is 11.3 Å². The molecule has 1 heterocycles. The maximum Gasteiger partial charge on any atom is 0.323 e. The van der Waals surface area contributed by atoms with Crippen molar-refractivity contribution >= 4 is 34.6 Å². The average Bonchev–Trinajstić information content (AvgIpc) is 2.74. The Kier molecular flexibility index (Phi) is 4.85. The quantitative estimate of drug-likeness (QED) is 0.901. The van der Waals surface area contributed by atoms with Crippen molar-refractivity contribution in [3.05, 3.63) is 44.9 Å². The summed E-state index contributed by atoms with van der Waals surface area (Å²) in [5, 5.41) is 10.8. The molecule has 0 aliphatic carbocycles. The molecule has 2 aromatic rings. The van der Waals surface area contributed by atoms with Crippen LogP contribution in [0.5, 0.6) is 0 Å². The molecule has 1 N–H and O–H groups in total. The second kappa shape index (κ2) is 6.45. The van der Waals surface area contributed by atoms with E-state index in [0.29, 0.717) is 5.02 Å². The second-order valence-corrected chi connectivity index (χ2v) is 6.53. The number of aryl methyl sites for hydroxylation is 2. The highest BCUT2D eigenvalue weighted by atomic mass is 35.5. The number of nitrogens with zero attached hydrogens (tertiary/aromatic N) is 2. The Morgan fingerprint density at radius 2 is 2.19 bits per heavy atom. The van der Waals surface area contributed by atoms with Crippen LogP contribution in [0.2, 0.25) is 5.02 Å². The normalized spacial score (nSPS) is 12.2. The lowest BCUT2D eigenvalue weighted by Gasteiger charge is -2.29. The summed E-state index contributed by atoms with van der Waals surface area (Å²) in [5.41, 5.74) is 1.74. The summed E-state index contributed by atoms with van der Waals surface area (Å²) in [4.78, 5) is 18.5. The number of benzene rings is 1. The number of thiazole rings is 1. The number of aliphatic carboxylic acids is 1. The monoisotopic (exact) mass is 324 g/mol. The van der Waals surface area contributed by atoms with Crippen molar-refractivity contribution in [2.45, 2.75) is 26.8 Å². The summed E-state index contributed by atoms with van der Waals surface area (Å²) in [6.07, 6.45) is 0. The molecule has 1 aromatic carbocycles. The Morgan fingerprint density at radius 1 is 1.48 bits per heavy atom. The standard InChI is InChI=1S/C15H17ClN2O2S/c1-9-15(21-11(3)17-9)10(2)18(8-14(19)20)13-6-4-5-12(16)7-13/h4-7,10H,8H2,1-3H3,(H,19,20). The molecule has 0 fully saturated rings. The van der Waals surface area contributed by atoms with E-state index in [-0.39, 0.29) is 12.6 Å². The van der Waals surface area contributed by atoms with Crippen molar-refractivity contribution in [2.75, 3.05) is 11.4 Å². The van der Waals surface area contributed by atoms with Crippen LogP contribution in [0.15, 0.2) is 24.3 Å². The molecule has 0 saturated heterocycles. The first-order valence-electron chi connectivity index (χ1n) is 6.56. The molecule has 112 valence electrons. The van der Waals surface area contributed by atoms with Gasteiger partial charge in [0.25, 0.3) is 0 Å². The molecule has 6 heteroatoms. The molecule has 0 aliphatic heterocycles. The van der Waals surface area contributed by atoms with Crippen molar-refractivity contribution in [3.8, 4) is 0 Å². The van der Waals surface area contributed by atoms with Gasteiger partial charge >= 0.3 is 5.97 Å². The summed E-state index contributed by atoms with van der Waals surface area (Å²) in [6, 6.07) is 7.17. The smallest absolute Gasteiger partial charge is 0.323 e. The van der Waals surface area contributed by atoms with Crippen molar-refractivity contribution in [2.24, 2.45) is 0 Å². The van der Waals surface area contributed by atoms with Crippen molar-refractivity contribution in [1.82, 2.24) is 4.98 Å². The van der Waals surface area contributed by atoms with Crippen molar-refractivity contribution in [1.29, 1.82) is 0 Å². The van der Waals surface area contributed by atoms with Gasteiger partial charge in [-0.3, -0.25) is 4.79 Å². The lowest BCUT2D eigenvalue weighted by molar-refractivity contribution is -0.135. The van der Waals surface area contributed by atoms with E-state index in [4.69, 9.17) is 11.6 Å². The van der Waals surface area contributed by atoms with Crippen LogP contribution in [0.1, 0.15) is 28.5 Å². The molecule has 1 aromatic heterocycles. The number of hydrogen-bond acceptors (Lipinski definition) is 4. The zero-order chi connectivity index (χ0) is 15.6. The number of carbonyl (C=O) groups is 1. The Balaban J connectivity index is 2.40. The highest BCUT2D eigenvalue weighted by Gasteiger charge is 2.23. The van der Waals surface area contributed by atoms with E-state index in [9.17, 15) is 9.90 Å². The Hall–Kier alpha value is -1.59. The molecule has 1 atom stereocenters. The molecule has 4 nitrogen and oxygen atoms in total. The molecule has 0 radical (unpaired) electrons. The summed E-state index contributed by atoms with van der Waals surface area (Å²) in [7, 11) is 0. The van der Waals surface area contributed by atoms with Crippen LogP contribution in [-0.2, 0) is 4.79 Å². The minimum atomic E-state index is -0.874. The molecule has 0 spiro atoms. The van der Waals surface area contributed by atoms with E-state index in [2.05, 4.69) is 4.98 Å². The number of aromatic nitrogens is 1. The topological polar surface area (TPSA) is 53.4 Å². The fourth-order valence-corrected chi connectivity index (χ4v) is 3.51. The molecule has 21 heavy (non-hydrogen) atoms. The van der Waals surface area contributed by atoms with Gasteiger partial charge in [-0.05, 0) is 39.0 Å². The summed E-state index contributed by atoms with van der Waals surface area (Å²) < 4.78 is 0. The van der Waals surface area contributed by atoms with Crippen LogP contribution >= 0.6 is 22.9 Å². The number of rotatable bonds is 5. The molecule has 0 bridgehead atoms. The molecular formula is C15H17ClN2O2S. The van der Waals surface area contributed by atoms with Gasteiger partial charge < -0.3 is 10.0 Å². The van der Waals surface area contributed by atoms with Crippen LogP contribution in [-0.4, -0.2) is 22.6 Å². The molecule has 2 rings (SSSR count). The molecule has 0 saturated carbocycles. The highest BCUT2D eigenvalue weighted by Crippen LogP contribution is 2.33. The maximum atomic E-state index is 11.2. The number of anilines is 1. The minimum absolute atomic E-state index is 0.0780. The predicted molar refractivity (Wildman–Crippen MR) is 86.4 cm³/mol. The van der Waals surface area contributed by atoms with E-state index >= 15 is 0 Å². The molecular weight excluding hydrogens is 308 g/mol.